The number of carbonyl (C=O) groups is 1. The minimum atomic E-state index is -2.83. The fourth-order valence-electron chi connectivity index (χ4n) is 1.37. The number of ether oxygens (including phenoxy) is 2. The predicted octanol–water partition coefficient (Wildman–Crippen LogP) is 2.79. The Balaban J connectivity index is 3.08. The molecule has 0 aromatic carbocycles. The van der Waals surface area contributed by atoms with Gasteiger partial charge >= 0.3 is 5.97 Å². The zero-order chi connectivity index (χ0) is 13.7. The van der Waals surface area contributed by atoms with E-state index in [0.717, 1.165) is 0 Å². The van der Waals surface area contributed by atoms with Gasteiger partial charge in [0.25, 0.3) is 6.43 Å². The van der Waals surface area contributed by atoms with Crippen LogP contribution in [0, 0.1) is 0 Å². The van der Waals surface area contributed by atoms with Crippen molar-refractivity contribution < 1.29 is 23.0 Å². The lowest BCUT2D eigenvalue weighted by Gasteiger charge is -2.11. The highest BCUT2D eigenvalue weighted by Crippen LogP contribution is 2.35. The number of alkyl halides is 2. The Hall–Kier alpha value is -1.43. The van der Waals surface area contributed by atoms with E-state index in [1.807, 2.05) is 0 Å². The number of methoxy groups -OCH3 is 1. The van der Waals surface area contributed by atoms with Crippen molar-refractivity contribution >= 4 is 17.6 Å². The highest BCUT2D eigenvalue weighted by atomic mass is 35.5. The molecule has 0 fully saturated rings. The smallest absolute Gasteiger partial charge is 0.310 e. The van der Waals surface area contributed by atoms with E-state index in [2.05, 4.69) is 4.98 Å². The Kier molecular flexibility index (Phi) is 5.27. The van der Waals surface area contributed by atoms with Crippen molar-refractivity contribution in [3.63, 3.8) is 0 Å². The number of hydrogen-bond acceptors (Lipinski definition) is 4. The summed E-state index contributed by atoms with van der Waals surface area (Å²) in [5, 5.41) is -0.218. The maximum Gasteiger partial charge on any atom is 0.310 e. The molecule has 1 heterocycles. The lowest BCUT2D eigenvalue weighted by molar-refractivity contribution is -0.142. The van der Waals surface area contributed by atoms with E-state index in [0.29, 0.717) is 0 Å². The van der Waals surface area contributed by atoms with E-state index in [4.69, 9.17) is 21.1 Å². The second-order valence-electron chi connectivity index (χ2n) is 3.30. The molecule has 0 N–H and O–H groups in total. The molecule has 0 bridgehead atoms. The van der Waals surface area contributed by atoms with Crippen LogP contribution >= 0.6 is 11.6 Å². The maximum absolute atomic E-state index is 12.8. The van der Waals surface area contributed by atoms with Gasteiger partial charge < -0.3 is 9.47 Å². The minimum absolute atomic E-state index is 0.186. The molecule has 0 radical (unpaired) electrons. The number of nitrogens with zero attached hydrogens (tertiary/aromatic N) is 1. The monoisotopic (exact) mass is 279 g/mol. The second kappa shape index (κ2) is 6.49. The fourth-order valence-corrected chi connectivity index (χ4v) is 1.65. The van der Waals surface area contributed by atoms with Crippen molar-refractivity contribution in [2.24, 2.45) is 0 Å². The molecule has 0 aliphatic heterocycles. The number of rotatable bonds is 5. The van der Waals surface area contributed by atoms with Gasteiger partial charge in [-0.2, -0.15) is 0 Å². The highest BCUT2D eigenvalue weighted by molar-refractivity contribution is 6.32. The summed E-state index contributed by atoms with van der Waals surface area (Å²) in [5.74, 6) is -0.797. The van der Waals surface area contributed by atoms with Crippen LogP contribution in [0.25, 0.3) is 0 Å². The van der Waals surface area contributed by atoms with E-state index in [9.17, 15) is 13.6 Å². The van der Waals surface area contributed by atoms with Gasteiger partial charge in [-0.05, 0) is 6.92 Å². The quantitative estimate of drug-likeness (QED) is 0.778. The van der Waals surface area contributed by atoms with Crippen LogP contribution in [0.1, 0.15) is 24.5 Å². The van der Waals surface area contributed by atoms with Crippen LogP contribution in [0.15, 0.2) is 6.20 Å². The standard InChI is InChI=1S/C11H12ClF2NO3/c1-3-18-7(16)4-6-5-15-11(17-2)8(9(6)12)10(13)14/h5,10H,3-4H2,1-2H3. The number of aromatic nitrogens is 1. The summed E-state index contributed by atoms with van der Waals surface area (Å²) >= 11 is 5.82. The number of halogens is 3. The summed E-state index contributed by atoms with van der Waals surface area (Å²) in [6, 6.07) is 0. The van der Waals surface area contributed by atoms with E-state index in [1.165, 1.54) is 13.3 Å². The van der Waals surface area contributed by atoms with E-state index < -0.39 is 18.0 Å². The third kappa shape index (κ3) is 3.29. The highest BCUT2D eigenvalue weighted by Gasteiger charge is 2.23. The van der Waals surface area contributed by atoms with Gasteiger partial charge in [0.15, 0.2) is 0 Å². The molecule has 0 unspecified atom stereocenters. The Morgan fingerprint density at radius 1 is 1.56 bits per heavy atom. The van der Waals surface area contributed by atoms with Crippen molar-refractivity contribution in [2.45, 2.75) is 19.8 Å². The van der Waals surface area contributed by atoms with E-state index in [-0.39, 0.29) is 29.5 Å². The number of esters is 1. The first-order chi connectivity index (χ1) is 8.51. The molecule has 18 heavy (non-hydrogen) atoms. The van der Waals surface area contributed by atoms with Crippen molar-refractivity contribution in [3.8, 4) is 5.88 Å². The van der Waals surface area contributed by atoms with Crippen LogP contribution < -0.4 is 4.74 Å². The van der Waals surface area contributed by atoms with E-state index in [1.54, 1.807) is 6.92 Å². The molecule has 0 saturated carbocycles. The zero-order valence-electron chi connectivity index (χ0n) is 9.87. The van der Waals surface area contributed by atoms with Crippen molar-refractivity contribution in [1.82, 2.24) is 4.98 Å². The number of pyridine rings is 1. The molecule has 100 valence electrons. The van der Waals surface area contributed by atoms with Gasteiger partial charge in [0.2, 0.25) is 5.88 Å². The summed E-state index contributed by atoms with van der Waals surface area (Å²) < 4.78 is 35.1. The third-order valence-electron chi connectivity index (χ3n) is 2.14. The Bertz CT molecular complexity index is 441. The molecule has 7 heteroatoms. The fraction of sp³-hybridized carbons (Fsp3) is 0.455. The first-order valence-corrected chi connectivity index (χ1v) is 5.54. The van der Waals surface area contributed by atoms with Gasteiger partial charge in [-0.25, -0.2) is 13.8 Å². The number of carbonyl (C=O) groups excluding carboxylic acids is 1. The maximum atomic E-state index is 12.8. The van der Waals surface area contributed by atoms with Crippen LogP contribution in [0.5, 0.6) is 5.88 Å². The molecular weight excluding hydrogens is 268 g/mol. The zero-order valence-corrected chi connectivity index (χ0v) is 10.6. The van der Waals surface area contributed by atoms with Gasteiger partial charge in [-0.3, -0.25) is 4.79 Å². The van der Waals surface area contributed by atoms with Crippen molar-refractivity contribution in [2.75, 3.05) is 13.7 Å². The summed E-state index contributed by atoms with van der Waals surface area (Å²) in [7, 11) is 1.22. The Morgan fingerprint density at radius 2 is 2.22 bits per heavy atom. The average molecular weight is 280 g/mol. The Labute approximate surface area is 108 Å². The average Bonchev–Trinajstić information content (AvgIpc) is 2.31. The van der Waals surface area contributed by atoms with Gasteiger partial charge in [0.05, 0.1) is 30.7 Å². The lowest BCUT2D eigenvalue weighted by atomic mass is 10.1. The van der Waals surface area contributed by atoms with Gasteiger partial charge in [-0.15, -0.1) is 0 Å². The van der Waals surface area contributed by atoms with Gasteiger partial charge in [0, 0.05) is 11.8 Å². The molecule has 0 spiro atoms. The largest absolute Gasteiger partial charge is 0.481 e. The molecule has 0 atom stereocenters. The van der Waals surface area contributed by atoms with Crippen LogP contribution in [-0.4, -0.2) is 24.7 Å². The molecule has 0 aliphatic rings. The van der Waals surface area contributed by atoms with Crippen LogP contribution in [0.3, 0.4) is 0 Å². The molecule has 0 aliphatic carbocycles. The number of hydrogen-bond donors (Lipinski definition) is 0. The van der Waals surface area contributed by atoms with Crippen LogP contribution in [0.4, 0.5) is 8.78 Å². The van der Waals surface area contributed by atoms with Crippen LogP contribution in [-0.2, 0) is 16.0 Å². The topological polar surface area (TPSA) is 48.4 Å². The van der Waals surface area contributed by atoms with Crippen molar-refractivity contribution in [1.29, 1.82) is 0 Å². The molecule has 1 aromatic heterocycles. The van der Waals surface area contributed by atoms with Crippen LogP contribution in [0.2, 0.25) is 5.02 Å². The van der Waals surface area contributed by atoms with Crippen molar-refractivity contribution in [3.05, 3.63) is 22.3 Å². The minimum Gasteiger partial charge on any atom is -0.481 e. The molecule has 1 aromatic rings. The SMILES string of the molecule is CCOC(=O)Cc1cnc(OC)c(C(F)F)c1Cl. The summed E-state index contributed by atoms with van der Waals surface area (Å²) in [6.45, 7) is 1.86. The summed E-state index contributed by atoms with van der Waals surface area (Å²) in [6.07, 6.45) is -1.81. The Morgan fingerprint density at radius 3 is 2.72 bits per heavy atom. The summed E-state index contributed by atoms with van der Waals surface area (Å²) in [5.41, 5.74) is -0.327. The lowest BCUT2D eigenvalue weighted by Crippen LogP contribution is -2.09. The van der Waals surface area contributed by atoms with Gasteiger partial charge in [0.1, 0.15) is 0 Å². The van der Waals surface area contributed by atoms with Gasteiger partial charge in [-0.1, -0.05) is 11.6 Å². The molecule has 1 rings (SSSR count). The molecular formula is C11H12ClF2NO3. The first-order valence-electron chi connectivity index (χ1n) is 5.16. The second-order valence-corrected chi connectivity index (χ2v) is 3.68. The molecule has 4 nitrogen and oxygen atoms in total. The third-order valence-corrected chi connectivity index (χ3v) is 2.58. The first kappa shape index (κ1) is 14.6. The molecule has 0 amide bonds. The predicted molar refractivity (Wildman–Crippen MR) is 61.1 cm³/mol. The normalized spacial score (nSPS) is 10.6. The van der Waals surface area contributed by atoms with E-state index >= 15 is 0 Å². The summed E-state index contributed by atoms with van der Waals surface area (Å²) in [4.78, 5) is 15.0. The molecule has 0 saturated heterocycles.